The van der Waals surface area contributed by atoms with Crippen molar-refractivity contribution in [2.24, 2.45) is 0 Å². The number of amides is 2. The van der Waals surface area contributed by atoms with Gasteiger partial charge in [0.15, 0.2) is 0 Å². The summed E-state index contributed by atoms with van der Waals surface area (Å²) < 4.78 is 5.46. The van der Waals surface area contributed by atoms with Crippen LogP contribution in [0.25, 0.3) is 0 Å². The van der Waals surface area contributed by atoms with Gasteiger partial charge in [-0.3, -0.25) is 9.59 Å². The maximum atomic E-state index is 12.3. The van der Waals surface area contributed by atoms with E-state index < -0.39 is 11.8 Å². The molecule has 5 heteroatoms. The average molecular weight is 340 g/mol. The average Bonchev–Trinajstić information content (AvgIpc) is 2.58. The van der Waals surface area contributed by atoms with Gasteiger partial charge in [0.05, 0.1) is 12.3 Å². The molecule has 0 spiro atoms. The number of ether oxygens (including phenoxy) is 1. The Morgan fingerprint density at radius 1 is 1.00 bits per heavy atom. The maximum absolute atomic E-state index is 12.3. The first-order chi connectivity index (χ1) is 11.9. The van der Waals surface area contributed by atoms with Crippen molar-refractivity contribution in [3.63, 3.8) is 0 Å². The highest BCUT2D eigenvalue weighted by Crippen LogP contribution is 2.28. The second kappa shape index (κ2) is 8.33. The van der Waals surface area contributed by atoms with Crippen LogP contribution in [0.4, 0.5) is 11.4 Å². The lowest BCUT2D eigenvalue weighted by atomic mass is 9.98. The Morgan fingerprint density at radius 3 is 2.36 bits per heavy atom. The SMILES string of the molecule is CCOc1ccccc1NC(=O)C(=O)Nc1c(C)cccc1C(C)C. The summed E-state index contributed by atoms with van der Waals surface area (Å²) in [5, 5.41) is 5.35. The summed E-state index contributed by atoms with van der Waals surface area (Å²) in [6, 6.07) is 12.8. The third-order valence-electron chi connectivity index (χ3n) is 3.81. The maximum Gasteiger partial charge on any atom is 0.314 e. The second-order valence-electron chi connectivity index (χ2n) is 6.03. The van der Waals surface area contributed by atoms with Gasteiger partial charge < -0.3 is 15.4 Å². The number of hydrogen-bond acceptors (Lipinski definition) is 3. The molecule has 0 saturated heterocycles. The number of hydrogen-bond donors (Lipinski definition) is 2. The van der Waals surface area contributed by atoms with Crippen molar-refractivity contribution in [2.75, 3.05) is 17.2 Å². The molecule has 0 atom stereocenters. The van der Waals surface area contributed by atoms with Crippen LogP contribution in [0.15, 0.2) is 42.5 Å². The standard InChI is InChI=1S/C20H24N2O3/c1-5-25-17-12-7-6-11-16(17)21-19(23)20(24)22-18-14(4)9-8-10-15(18)13(2)3/h6-13H,5H2,1-4H3,(H,21,23)(H,22,24). The first-order valence-electron chi connectivity index (χ1n) is 8.37. The molecule has 0 radical (unpaired) electrons. The van der Waals surface area contributed by atoms with Crippen LogP contribution in [-0.4, -0.2) is 18.4 Å². The lowest BCUT2D eigenvalue weighted by Gasteiger charge is -2.16. The van der Waals surface area contributed by atoms with Gasteiger partial charge in [0.1, 0.15) is 5.75 Å². The largest absolute Gasteiger partial charge is 0.492 e. The molecule has 0 aliphatic rings. The van der Waals surface area contributed by atoms with Crippen molar-refractivity contribution >= 4 is 23.2 Å². The number of carbonyl (C=O) groups excluding carboxylic acids is 2. The highest BCUT2D eigenvalue weighted by atomic mass is 16.5. The summed E-state index contributed by atoms with van der Waals surface area (Å²) >= 11 is 0. The minimum atomic E-state index is -0.731. The van der Waals surface area contributed by atoms with E-state index in [9.17, 15) is 9.59 Å². The molecule has 132 valence electrons. The van der Waals surface area contributed by atoms with E-state index in [4.69, 9.17) is 4.74 Å². The number of para-hydroxylation sites is 3. The van der Waals surface area contributed by atoms with Crippen LogP contribution in [0.3, 0.4) is 0 Å². The fourth-order valence-corrected chi connectivity index (χ4v) is 2.54. The van der Waals surface area contributed by atoms with Crippen LogP contribution in [0, 0.1) is 6.92 Å². The quantitative estimate of drug-likeness (QED) is 0.806. The summed E-state index contributed by atoms with van der Waals surface area (Å²) in [6.45, 7) is 8.33. The molecule has 0 aliphatic heterocycles. The highest BCUT2D eigenvalue weighted by molar-refractivity contribution is 6.44. The lowest BCUT2D eigenvalue weighted by Crippen LogP contribution is -2.30. The minimum absolute atomic E-state index is 0.233. The normalized spacial score (nSPS) is 10.4. The number of rotatable bonds is 5. The number of aryl methyl sites for hydroxylation is 1. The molecule has 0 saturated carbocycles. The zero-order valence-corrected chi connectivity index (χ0v) is 15.1. The molecule has 2 amide bonds. The van der Waals surface area contributed by atoms with E-state index in [-0.39, 0.29) is 5.92 Å². The van der Waals surface area contributed by atoms with E-state index in [2.05, 4.69) is 10.6 Å². The molecule has 0 bridgehead atoms. The van der Waals surface area contributed by atoms with Gasteiger partial charge in [-0.05, 0) is 43.0 Å². The fourth-order valence-electron chi connectivity index (χ4n) is 2.54. The van der Waals surface area contributed by atoms with Gasteiger partial charge in [-0.25, -0.2) is 0 Å². The van der Waals surface area contributed by atoms with E-state index in [1.165, 1.54) is 0 Å². The molecule has 0 heterocycles. The van der Waals surface area contributed by atoms with Crippen LogP contribution in [-0.2, 0) is 9.59 Å². The third kappa shape index (κ3) is 4.59. The predicted molar refractivity (Wildman–Crippen MR) is 100 cm³/mol. The Bertz CT molecular complexity index is 769. The number of anilines is 2. The smallest absolute Gasteiger partial charge is 0.314 e. The zero-order valence-electron chi connectivity index (χ0n) is 15.1. The van der Waals surface area contributed by atoms with Gasteiger partial charge >= 0.3 is 11.8 Å². The molecule has 25 heavy (non-hydrogen) atoms. The van der Waals surface area contributed by atoms with Crippen LogP contribution in [0.2, 0.25) is 0 Å². The summed E-state index contributed by atoms with van der Waals surface area (Å²) in [5.41, 5.74) is 3.08. The summed E-state index contributed by atoms with van der Waals surface area (Å²) in [7, 11) is 0. The molecule has 0 unspecified atom stereocenters. The van der Waals surface area contributed by atoms with Gasteiger partial charge in [-0.15, -0.1) is 0 Å². The van der Waals surface area contributed by atoms with Gasteiger partial charge in [0.2, 0.25) is 0 Å². The molecule has 0 aliphatic carbocycles. The van der Waals surface area contributed by atoms with E-state index in [1.54, 1.807) is 18.2 Å². The van der Waals surface area contributed by atoms with E-state index in [0.717, 1.165) is 11.1 Å². The highest BCUT2D eigenvalue weighted by Gasteiger charge is 2.19. The van der Waals surface area contributed by atoms with Crippen LogP contribution in [0.5, 0.6) is 5.75 Å². The van der Waals surface area contributed by atoms with Crippen LogP contribution >= 0.6 is 0 Å². The van der Waals surface area contributed by atoms with Crippen molar-refractivity contribution in [2.45, 2.75) is 33.6 Å². The van der Waals surface area contributed by atoms with Crippen LogP contribution < -0.4 is 15.4 Å². The van der Waals surface area contributed by atoms with Crippen molar-refractivity contribution in [3.05, 3.63) is 53.6 Å². The number of benzene rings is 2. The molecule has 2 aromatic carbocycles. The summed E-state index contributed by atoms with van der Waals surface area (Å²) in [6.07, 6.45) is 0. The summed E-state index contributed by atoms with van der Waals surface area (Å²) in [5.74, 6) is -0.672. The Hall–Kier alpha value is -2.82. The van der Waals surface area contributed by atoms with Crippen molar-refractivity contribution < 1.29 is 14.3 Å². The Balaban J connectivity index is 2.16. The summed E-state index contributed by atoms with van der Waals surface area (Å²) in [4.78, 5) is 24.6. The molecule has 2 N–H and O–H groups in total. The second-order valence-corrected chi connectivity index (χ2v) is 6.03. The molecule has 5 nitrogen and oxygen atoms in total. The first-order valence-corrected chi connectivity index (χ1v) is 8.37. The number of carbonyl (C=O) groups is 2. The minimum Gasteiger partial charge on any atom is -0.492 e. The van der Waals surface area contributed by atoms with Gasteiger partial charge in [0, 0.05) is 5.69 Å². The van der Waals surface area contributed by atoms with Crippen LogP contribution in [0.1, 0.15) is 37.8 Å². The molecule has 2 aromatic rings. The molecule has 2 rings (SSSR count). The van der Waals surface area contributed by atoms with Gasteiger partial charge in [0.25, 0.3) is 0 Å². The Labute approximate surface area is 148 Å². The molecule has 0 aromatic heterocycles. The third-order valence-corrected chi connectivity index (χ3v) is 3.81. The lowest BCUT2D eigenvalue weighted by molar-refractivity contribution is -0.133. The van der Waals surface area contributed by atoms with E-state index >= 15 is 0 Å². The zero-order chi connectivity index (χ0) is 18.4. The molecular weight excluding hydrogens is 316 g/mol. The van der Waals surface area contributed by atoms with Gasteiger partial charge in [-0.1, -0.05) is 44.2 Å². The predicted octanol–water partition coefficient (Wildman–Crippen LogP) is 4.09. The van der Waals surface area contributed by atoms with Crippen molar-refractivity contribution in [1.82, 2.24) is 0 Å². The molecule has 0 fully saturated rings. The van der Waals surface area contributed by atoms with Gasteiger partial charge in [-0.2, -0.15) is 0 Å². The molecular formula is C20H24N2O3. The van der Waals surface area contributed by atoms with E-state index in [0.29, 0.717) is 23.7 Å². The number of nitrogens with one attached hydrogen (secondary N) is 2. The van der Waals surface area contributed by atoms with E-state index in [1.807, 2.05) is 52.0 Å². The van der Waals surface area contributed by atoms with Crippen molar-refractivity contribution in [1.29, 1.82) is 0 Å². The topological polar surface area (TPSA) is 67.4 Å². The van der Waals surface area contributed by atoms with Crippen molar-refractivity contribution in [3.8, 4) is 5.75 Å². The first kappa shape index (κ1) is 18.5. The fraction of sp³-hybridized carbons (Fsp3) is 0.300. The Morgan fingerprint density at radius 2 is 1.68 bits per heavy atom. The monoisotopic (exact) mass is 340 g/mol. The Kier molecular flexibility index (Phi) is 6.17.